The van der Waals surface area contributed by atoms with Gasteiger partial charge in [0.2, 0.25) is 6.29 Å². The van der Waals surface area contributed by atoms with Crippen LogP contribution in [0.3, 0.4) is 0 Å². The van der Waals surface area contributed by atoms with Crippen LogP contribution in [0.1, 0.15) is 96.8 Å². The van der Waals surface area contributed by atoms with Crippen LogP contribution in [0.25, 0.3) is 0 Å². The molecular weight excluding hydrogens is 248 g/mol. The summed E-state index contributed by atoms with van der Waals surface area (Å²) in [7, 11) is 0. The fraction of sp³-hybridized carbons (Fsp3) is 0.889. The Labute approximate surface area is 125 Å². The summed E-state index contributed by atoms with van der Waals surface area (Å²) in [6.07, 6.45) is 22.5. The molecule has 2 heteroatoms. The van der Waals surface area contributed by atoms with Gasteiger partial charge in [-0.25, -0.2) is 0 Å². The van der Waals surface area contributed by atoms with Gasteiger partial charge in [-0.05, 0) is 6.42 Å². The standard InChI is InChI=1S/C18H34O2/c1-2-3-4-5-6-7-8-9-10-11-12-13-14-15-18-19-16-17-20-18/h16-18H,2-15H2,1H3. The van der Waals surface area contributed by atoms with Gasteiger partial charge in [0, 0.05) is 6.42 Å². The second kappa shape index (κ2) is 13.3. The van der Waals surface area contributed by atoms with Crippen LogP contribution in [0.2, 0.25) is 0 Å². The maximum Gasteiger partial charge on any atom is 0.239 e. The highest BCUT2D eigenvalue weighted by atomic mass is 16.7. The van der Waals surface area contributed by atoms with E-state index >= 15 is 0 Å². The van der Waals surface area contributed by atoms with E-state index in [1.165, 1.54) is 83.5 Å². The van der Waals surface area contributed by atoms with Gasteiger partial charge >= 0.3 is 0 Å². The predicted octanol–water partition coefficient (Wildman–Crippen LogP) is 6.31. The second-order valence-electron chi connectivity index (χ2n) is 6.01. The van der Waals surface area contributed by atoms with Gasteiger partial charge in [-0.3, -0.25) is 0 Å². The zero-order valence-corrected chi connectivity index (χ0v) is 13.4. The van der Waals surface area contributed by atoms with E-state index in [0.29, 0.717) is 0 Å². The van der Waals surface area contributed by atoms with Crippen molar-refractivity contribution < 1.29 is 9.47 Å². The lowest BCUT2D eigenvalue weighted by Crippen LogP contribution is -2.06. The molecule has 20 heavy (non-hydrogen) atoms. The first kappa shape index (κ1) is 17.4. The van der Waals surface area contributed by atoms with E-state index in [9.17, 15) is 0 Å². The van der Waals surface area contributed by atoms with Crippen LogP contribution < -0.4 is 0 Å². The Morgan fingerprint density at radius 3 is 1.45 bits per heavy atom. The lowest BCUT2D eigenvalue weighted by atomic mass is 10.0. The van der Waals surface area contributed by atoms with Crippen molar-refractivity contribution in [1.82, 2.24) is 0 Å². The first-order valence-electron chi connectivity index (χ1n) is 8.89. The second-order valence-corrected chi connectivity index (χ2v) is 6.01. The van der Waals surface area contributed by atoms with E-state index in [1.54, 1.807) is 12.5 Å². The molecule has 0 bridgehead atoms. The Bertz CT molecular complexity index is 217. The Morgan fingerprint density at radius 1 is 0.600 bits per heavy atom. The highest BCUT2D eigenvalue weighted by Crippen LogP contribution is 2.16. The molecule has 0 spiro atoms. The van der Waals surface area contributed by atoms with E-state index in [0.717, 1.165) is 6.42 Å². The molecule has 0 aromatic carbocycles. The minimum absolute atomic E-state index is 0.00251. The topological polar surface area (TPSA) is 18.5 Å². The van der Waals surface area contributed by atoms with Crippen molar-refractivity contribution in [2.24, 2.45) is 0 Å². The lowest BCUT2D eigenvalue weighted by molar-refractivity contribution is -0.0295. The molecule has 0 saturated heterocycles. The van der Waals surface area contributed by atoms with Gasteiger partial charge in [0.15, 0.2) is 0 Å². The third-order valence-electron chi connectivity index (χ3n) is 4.06. The highest BCUT2D eigenvalue weighted by Gasteiger charge is 2.10. The van der Waals surface area contributed by atoms with Gasteiger partial charge in [-0.2, -0.15) is 0 Å². The summed E-state index contributed by atoms with van der Waals surface area (Å²) in [6, 6.07) is 0. The summed E-state index contributed by atoms with van der Waals surface area (Å²) in [4.78, 5) is 0. The molecular formula is C18H34O2. The molecule has 0 unspecified atom stereocenters. The summed E-state index contributed by atoms with van der Waals surface area (Å²) < 4.78 is 10.5. The SMILES string of the molecule is CCCCCCCCCCCCCCCC1OC=CO1. The van der Waals surface area contributed by atoms with Crippen molar-refractivity contribution in [3.8, 4) is 0 Å². The fourth-order valence-electron chi connectivity index (χ4n) is 2.74. The van der Waals surface area contributed by atoms with Crippen LogP contribution in [0.5, 0.6) is 0 Å². The molecule has 0 aromatic heterocycles. The van der Waals surface area contributed by atoms with Gasteiger partial charge in [0.25, 0.3) is 0 Å². The third-order valence-corrected chi connectivity index (χ3v) is 4.06. The number of rotatable bonds is 14. The summed E-state index contributed by atoms with van der Waals surface area (Å²) in [6.45, 7) is 2.28. The van der Waals surface area contributed by atoms with Crippen LogP contribution >= 0.6 is 0 Å². The van der Waals surface area contributed by atoms with Gasteiger partial charge in [0.1, 0.15) is 12.5 Å². The van der Waals surface area contributed by atoms with Crippen molar-refractivity contribution in [3.63, 3.8) is 0 Å². The van der Waals surface area contributed by atoms with E-state index in [1.807, 2.05) is 0 Å². The molecule has 0 fully saturated rings. The molecule has 1 heterocycles. The molecule has 118 valence electrons. The summed E-state index contributed by atoms with van der Waals surface area (Å²) >= 11 is 0. The lowest BCUT2D eigenvalue weighted by Gasteiger charge is -2.09. The molecule has 0 N–H and O–H groups in total. The first-order valence-corrected chi connectivity index (χ1v) is 8.89. The molecule has 0 saturated carbocycles. The monoisotopic (exact) mass is 282 g/mol. The Morgan fingerprint density at radius 2 is 1.00 bits per heavy atom. The van der Waals surface area contributed by atoms with E-state index in [4.69, 9.17) is 9.47 Å². The molecule has 0 aromatic rings. The number of ether oxygens (including phenoxy) is 2. The Kier molecular flexibility index (Phi) is 11.6. The van der Waals surface area contributed by atoms with Crippen LogP contribution in [0, 0.1) is 0 Å². The maximum atomic E-state index is 5.26. The number of hydrogen-bond acceptors (Lipinski definition) is 2. The summed E-state index contributed by atoms with van der Waals surface area (Å²) in [5, 5.41) is 0. The highest BCUT2D eigenvalue weighted by molar-refractivity contribution is 4.70. The van der Waals surface area contributed by atoms with Crippen LogP contribution in [-0.4, -0.2) is 6.29 Å². The van der Waals surface area contributed by atoms with E-state index in [2.05, 4.69) is 6.92 Å². The molecule has 0 radical (unpaired) electrons. The molecule has 1 rings (SSSR count). The zero-order valence-electron chi connectivity index (χ0n) is 13.4. The Balaban J connectivity index is 1.66. The molecule has 0 aliphatic carbocycles. The van der Waals surface area contributed by atoms with Gasteiger partial charge in [-0.15, -0.1) is 0 Å². The van der Waals surface area contributed by atoms with Crippen molar-refractivity contribution in [3.05, 3.63) is 12.5 Å². The van der Waals surface area contributed by atoms with Crippen LogP contribution in [0.4, 0.5) is 0 Å². The smallest absolute Gasteiger partial charge is 0.239 e. The zero-order chi connectivity index (χ0) is 14.3. The third kappa shape index (κ3) is 10.2. The fourth-order valence-corrected chi connectivity index (χ4v) is 2.74. The van der Waals surface area contributed by atoms with E-state index in [-0.39, 0.29) is 6.29 Å². The van der Waals surface area contributed by atoms with Gasteiger partial charge in [0.05, 0.1) is 0 Å². The van der Waals surface area contributed by atoms with Gasteiger partial charge in [-0.1, -0.05) is 84.0 Å². The number of unbranched alkanes of at least 4 members (excludes halogenated alkanes) is 12. The minimum Gasteiger partial charge on any atom is -0.459 e. The Hall–Kier alpha value is -0.660. The average molecular weight is 282 g/mol. The summed E-state index contributed by atoms with van der Waals surface area (Å²) in [5.41, 5.74) is 0. The quantitative estimate of drug-likeness (QED) is 0.347. The largest absolute Gasteiger partial charge is 0.459 e. The van der Waals surface area contributed by atoms with Gasteiger partial charge < -0.3 is 9.47 Å². The molecule has 2 nitrogen and oxygen atoms in total. The molecule has 0 amide bonds. The molecule has 1 aliphatic rings. The molecule has 0 atom stereocenters. The first-order chi connectivity index (χ1) is 9.93. The minimum atomic E-state index is 0.00251. The van der Waals surface area contributed by atoms with E-state index < -0.39 is 0 Å². The molecule has 1 aliphatic heterocycles. The van der Waals surface area contributed by atoms with Crippen molar-refractivity contribution in [2.75, 3.05) is 0 Å². The van der Waals surface area contributed by atoms with Crippen LogP contribution in [-0.2, 0) is 9.47 Å². The van der Waals surface area contributed by atoms with Crippen molar-refractivity contribution in [1.29, 1.82) is 0 Å². The summed E-state index contributed by atoms with van der Waals surface area (Å²) in [5.74, 6) is 0. The maximum absolute atomic E-state index is 5.26. The van der Waals surface area contributed by atoms with Crippen LogP contribution in [0.15, 0.2) is 12.5 Å². The van der Waals surface area contributed by atoms with Crippen molar-refractivity contribution >= 4 is 0 Å². The predicted molar refractivity (Wildman–Crippen MR) is 85.4 cm³/mol. The average Bonchev–Trinajstić information content (AvgIpc) is 2.97. The normalized spacial score (nSPS) is 14.4. The van der Waals surface area contributed by atoms with Crippen molar-refractivity contribution in [2.45, 2.75) is 103 Å². The number of hydrogen-bond donors (Lipinski definition) is 0.